The Morgan fingerprint density at radius 1 is 1.25 bits per heavy atom. The van der Waals surface area contributed by atoms with Gasteiger partial charge in [-0.05, 0) is 38.8 Å². The summed E-state index contributed by atoms with van der Waals surface area (Å²) in [4.78, 5) is 27.2. The maximum atomic E-state index is 11.6. The summed E-state index contributed by atoms with van der Waals surface area (Å²) in [6.45, 7) is 7.77. The summed E-state index contributed by atoms with van der Waals surface area (Å²) < 4.78 is 5.14. The number of aryl methyl sites for hydroxylation is 1. The maximum absolute atomic E-state index is 11.6. The van der Waals surface area contributed by atoms with Gasteiger partial charge in [0.25, 0.3) is 0 Å². The molecule has 0 aliphatic carbocycles. The summed E-state index contributed by atoms with van der Waals surface area (Å²) >= 11 is 0. The predicted octanol–water partition coefficient (Wildman–Crippen LogP) is 2.13. The Hall–Kier alpha value is -1.91. The highest BCUT2D eigenvalue weighted by Gasteiger charge is 2.16. The highest BCUT2D eigenvalue weighted by atomic mass is 16.6. The van der Waals surface area contributed by atoms with Crippen molar-refractivity contribution in [2.75, 3.05) is 0 Å². The molecule has 20 heavy (non-hydrogen) atoms. The van der Waals surface area contributed by atoms with E-state index in [1.165, 1.54) is 0 Å². The van der Waals surface area contributed by atoms with Gasteiger partial charge in [-0.1, -0.05) is 6.07 Å². The minimum absolute atomic E-state index is 0.0924. The fourth-order valence-electron chi connectivity index (χ4n) is 1.61. The van der Waals surface area contributed by atoms with E-state index in [1.54, 1.807) is 33.2 Å². The molecule has 1 aromatic heterocycles. The quantitative estimate of drug-likeness (QED) is 0.838. The van der Waals surface area contributed by atoms with Crippen molar-refractivity contribution in [3.05, 3.63) is 29.6 Å². The fraction of sp³-hybridized carbons (Fsp3) is 0.533. The molecule has 0 aliphatic rings. The van der Waals surface area contributed by atoms with Crippen LogP contribution in [0.15, 0.2) is 18.5 Å². The molecule has 5 nitrogen and oxygen atoms in total. The zero-order valence-corrected chi connectivity index (χ0v) is 12.5. The first kappa shape index (κ1) is 16.1. The van der Waals surface area contributed by atoms with Gasteiger partial charge < -0.3 is 10.1 Å². The summed E-state index contributed by atoms with van der Waals surface area (Å²) in [5.74, 6) is -0.526. The minimum Gasteiger partial charge on any atom is -0.460 e. The Morgan fingerprint density at radius 3 is 2.55 bits per heavy atom. The van der Waals surface area contributed by atoms with Crippen molar-refractivity contribution in [3.8, 4) is 0 Å². The monoisotopic (exact) mass is 278 g/mol. The summed E-state index contributed by atoms with van der Waals surface area (Å²) in [5.41, 5.74) is 1.47. The third kappa shape index (κ3) is 6.87. The first-order chi connectivity index (χ1) is 9.26. The number of esters is 1. The number of ether oxygens (including phenoxy) is 1. The van der Waals surface area contributed by atoms with Gasteiger partial charge in [-0.2, -0.15) is 0 Å². The van der Waals surface area contributed by atoms with E-state index in [4.69, 9.17) is 4.74 Å². The molecule has 0 aromatic carbocycles. The Balaban J connectivity index is 2.29. The normalized spacial score (nSPS) is 11.0. The van der Waals surface area contributed by atoms with E-state index in [2.05, 4.69) is 10.3 Å². The van der Waals surface area contributed by atoms with Gasteiger partial charge in [0, 0.05) is 25.4 Å². The molecule has 0 aliphatic heterocycles. The first-order valence-corrected chi connectivity index (χ1v) is 6.65. The highest BCUT2D eigenvalue weighted by molar-refractivity contribution is 5.81. The molecule has 5 heteroatoms. The molecule has 0 atom stereocenters. The third-order valence-electron chi connectivity index (χ3n) is 2.40. The van der Waals surface area contributed by atoms with Crippen molar-refractivity contribution < 1.29 is 14.3 Å². The first-order valence-electron chi connectivity index (χ1n) is 6.65. The van der Waals surface area contributed by atoms with Crippen molar-refractivity contribution >= 4 is 11.9 Å². The van der Waals surface area contributed by atoms with Crippen LogP contribution in [-0.2, 0) is 20.9 Å². The number of pyridine rings is 1. The van der Waals surface area contributed by atoms with Crippen LogP contribution in [0.3, 0.4) is 0 Å². The summed E-state index contributed by atoms with van der Waals surface area (Å²) in [5, 5.41) is 2.76. The van der Waals surface area contributed by atoms with Gasteiger partial charge in [-0.3, -0.25) is 14.6 Å². The van der Waals surface area contributed by atoms with Gasteiger partial charge >= 0.3 is 5.97 Å². The molecule has 1 rings (SSSR count). The Kier molecular flexibility index (Phi) is 5.67. The van der Waals surface area contributed by atoms with Crippen molar-refractivity contribution in [1.29, 1.82) is 0 Å². The SMILES string of the molecule is Cc1cncc(CNC(=O)CCC(=O)OC(C)(C)C)c1. The number of nitrogens with zero attached hydrogens (tertiary/aromatic N) is 1. The number of hydrogen-bond acceptors (Lipinski definition) is 4. The van der Waals surface area contributed by atoms with E-state index in [0.29, 0.717) is 6.54 Å². The molecule has 1 heterocycles. The molecular weight excluding hydrogens is 256 g/mol. The molecule has 110 valence electrons. The van der Waals surface area contributed by atoms with Crippen molar-refractivity contribution in [3.63, 3.8) is 0 Å². The molecular formula is C15H22N2O3. The van der Waals surface area contributed by atoms with Crippen molar-refractivity contribution in [2.45, 2.75) is 52.7 Å². The zero-order chi connectivity index (χ0) is 15.2. The summed E-state index contributed by atoms with van der Waals surface area (Å²) in [6.07, 6.45) is 3.69. The van der Waals surface area contributed by atoms with Gasteiger partial charge in [0.1, 0.15) is 5.60 Å². The molecule has 0 saturated heterocycles. The van der Waals surface area contributed by atoms with E-state index < -0.39 is 5.60 Å². The third-order valence-corrected chi connectivity index (χ3v) is 2.40. The van der Waals surface area contributed by atoms with Crippen LogP contribution in [-0.4, -0.2) is 22.5 Å². The van der Waals surface area contributed by atoms with Crippen LogP contribution in [0.5, 0.6) is 0 Å². The van der Waals surface area contributed by atoms with Crippen LogP contribution in [0.1, 0.15) is 44.7 Å². The molecule has 1 N–H and O–H groups in total. The standard InChI is InChI=1S/C15H22N2O3/c1-11-7-12(9-16-8-11)10-17-13(18)5-6-14(19)20-15(2,3)4/h7-9H,5-6,10H2,1-4H3,(H,17,18). The summed E-state index contributed by atoms with van der Waals surface area (Å²) in [7, 11) is 0. The molecule has 0 radical (unpaired) electrons. The fourth-order valence-corrected chi connectivity index (χ4v) is 1.61. The van der Waals surface area contributed by atoms with Crippen molar-refractivity contribution in [2.24, 2.45) is 0 Å². The second kappa shape index (κ2) is 7.03. The number of hydrogen-bond donors (Lipinski definition) is 1. The molecule has 1 aromatic rings. The van der Waals surface area contributed by atoms with E-state index in [9.17, 15) is 9.59 Å². The topological polar surface area (TPSA) is 68.3 Å². The number of rotatable bonds is 5. The van der Waals surface area contributed by atoms with Gasteiger partial charge in [0.05, 0.1) is 6.42 Å². The van der Waals surface area contributed by atoms with E-state index in [1.807, 2.05) is 13.0 Å². The molecule has 1 amide bonds. The second-order valence-electron chi connectivity index (χ2n) is 5.73. The average Bonchev–Trinajstić information content (AvgIpc) is 2.32. The minimum atomic E-state index is -0.513. The molecule has 0 unspecified atom stereocenters. The lowest BCUT2D eigenvalue weighted by Gasteiger charge is -2.19. The second-order valence-corrected chi connectivity index (χ2v) is 5.73. The lowest BCUT2D eigenvalue weighted by atomic mass is 10.2. The Morgan fingerprint density at radius 2 is 1.95 bits per heavy atom. The predicted molar refractivity (Wildman–Crippen MR) is 75.9 cm³/mol. The highest BCUT2D eigenvalue weighted by Crippen LogP contribution is 2.09. The average molecular weight is 278 g/mol. The van der Waals surface area contributed by atoms with Crippen LogP contribution in [0.2, 0.25) is 0 Å². The van der Waals surface area contributed by atoms with Gasteiger partial charge in [-0.25, -0.2) is 0 Å². The number of nitrogens with one attached hydrogen (secondary N) is 1. The summed E-state index contributed by atoms with van der Waals surface area (Å²) in [6, 6.07) is 1.96. The van der Waals surface area contributed by atoms with Crippen LogP contribution in [0, 0.1) is 6.92 Å². The van der Waals surface area contributed by atoms with Crippen LogP contribution in [0.4, 0.5) is 0 Å². The van der Waals surface area contributed by atoms with E-state index in [0.717, 1.165) is 11.1 Å². The molecule has 0 bridgehead atoms. The van der Waals surface area contributed by atoms with Crippen LogP contribution < -0.4 is 5.32 Å². The number of carbonyl (C=O) groups is 2. The Labute approximate surface area is 119 Å². The Bertz CT molecular complexity index is 478. The zero-order valence-electron chi connectivity index (χ0n) is 12.5. The number of carbonyl (C=O) groups excluding carboxylic acids is 2. The molecule has 0 fully saturated rings. The van der Waals surface area contributed by atoms with Gasteiger partial charge in [0.15, 0.2) is 0 Å². The maximum Gasteiger partial charge on any atom is 0.306 e. The number of amides is 1. The molecule has 0 saturated carbocycles. The lowest BCUT2D eigenvalue weighted by molar-refractivity contribution is -0.155. The van der Waals surface area contributed by atoms with Gasteiger partial charge in [-0.15, -0.1) is 0 Å². The van der Waals surface area contributed by atoms with E-state index >= 15 is 0 Å². The van der Waals surface area contributed by atoms with Crippen LogP contribution in [0.25, 0.3) is 0 Å². The smallest absolute Gasteiger partial charge is 0.306 e. The van der Waals surface area contributed by atoms with Crippen molar-refractivity contribution in [1.82, 2.24) is 10.3 Å². The van der Waals surface area contributed by atoms with E-state index in [-0.39, 0.29) is 24.7 Å². The largest absolute Gasteiger partial charge is 0.460 e. The molecule has 0 spiro atoms. The van der Waals surface area contributed by atoms with Gasteiger partial charge in [0.2, 0.25) is 5.91 Å². The lowest BCUT2D eigenvalue weighted by Crippen LogP contribution is -2.27. The van der Waals surface area contributed by atoms with Crippen LogP contribution >= 0.6 is 0 Å². The number of aromatic nitrogens is 1.